The molecule has 0 amide bonds. The lowest BCUT2D eigenvalue weighted by atomic mass is 10.0. The smallest absolute Gasteiger partial charge is 0.0351 e. The summed E-state index contributed by atoms with van der Waals surface area (Å²) >= 11 is 0. The summed E-state index contributed by atoms with van der Waals surface area (Å²) in [5, 5.41) is 0. The Bertz CT molecular complexity index is 253. The van der Waals surface area contributed by atoms with Crippen LogP contribution in [0.2, 0.25) is 0 Å². The molecule has 0 fully saturated rings. The third-order valence-corrected chi connectivity index (χ3v) is 5.41. The SMILES string of the molecule is [CH2]CCC/C=C/CCCCCCCCCCCCCCCCCCC[CH2]. The Kier molecular flexibility index (Phi) is 24.5. The lowest BCUT2D eigenvalue weighted by Crippen LogP contribution is -1.84. The van der Waals surface area contributed by atoms with Crippen molar-refractivity contribution in [2.45, 2.75) is 141 Å². The molecule has 0 aromatic heterocycles. The van der Waals surface area contributed by atoms with Gasteiger partial charge in [0.1, 0.15) is 0 Å². The Balaban J connectivity index is 3.00. The van der Waals surface area contributed by atoms with E-state index >= 15 is 0 Å². The van der Waals surface area contributed by atoms with E-state index in [0.717, 1.165) is 12.8 Å². The van der Waals surface area contributed by atoms with Crippen molar-refractivity contribution in [3.63, 3.8) is 0 Å². The van der Waals surface area contributed by atoms with E-state index in [1.54, 1.807) is 0 Å². The van der Waals surface area contributed by atoms with Gasteiger partial charge in [-0.3, -0.25) is 0 Å². The fourth-order valence-electron chi connectivity index (χ4n) is 3.59. The fraction of sp³-hybridized carbons (Fsp3) is 0.846. The lowest BCUT2D eigenvalue weighted by Gasteiger charge is -2.03. The van der Waals surface area contributed by atoms with E-state index in [1.807, 2.05) is 0 Å². The maximum atomic E-state index is 3.91. The van der Waals surface area contributed by atoms with Crippen molar-refractivity contribution < 1.29 is 0 Å². The molecule has 0 rings (SSSR count). The van der Waals surface area contributed by atoms with Gasteiger partial charge in [0.05, 0.1) is 0 Å². The Morgan fingerprint density at radius 2 is 0.577 bits per heavy atom. The predicted octanol–water partition coefficient (Wildman–Crippen LogP) is 9.79. The normalized spacial score (nSPS) is 11.6. The molecule has 0 nitrogen and oxygen atoms in total. The monoisotopic (exact) mass is 362 g/mol. The van der Waals surface area contributed by atoms with E-state index in [4.69, 9.17) is 0 Å². The van der Waals surface area contributed by atoms with Gasteiger partial charge in [0.15, 0.2) is 0 Å². The zero-order chi connectivity index (χ0) is 19.0. The van der Waals surface area contributed by atoms with E-state index in [9.17, 15) is 0 Å². The second-order valence-corrected chi connectivity index (χ2v) is 8.12. The molecule has 2 radical (unpaired) electrons. The van der Waals surface area contributed by atoms with Gasteiger partial charge in [-0.2, -0.15) is 0 Å². The second-order valence-electron chi connectivity index (χ2n) is 8.12. The van der Waals surface area contributed by atoms with Gasteiger partial charge in [0.2, 0.25) is 0 Å². The molecule has 0 aliphatic carbocycles. The van der Waals surface area contributed by atoms with Crippen molar-refractivity contribution in [1.82, 2.24) is 0 Å². The highest BCUT2D eigenvalue weighted by atomic mass is 14.0. The van der Waals surface area contributed by atoms with E-state index in [2.05, 4.69) is 26.0 Å². The zero-order valence-corrected chi connectivity index (χ0v) is 18.1. The molecule has 0 saturated carbocycles. The molecule has 0 aromatic rings. The topological polar surface area (TPSA) is 0 Å². The summed E-state index contributed by atoms with van der Waals surface area (Å²) in [5.74, 6) is 0. The molecule has 0 spiro atoms. The Morgan fingerprint density at radius 3 is 0.923 bits per heavy atom. The molecule has 0 unspecified atom stereocenters. The average molecular weight is 363 g/mol. The Hall–Kier alpha value is -0.260. The molecular weight excluding hydrogens is 312 g/mol. The van der Waals surface area contributed by atoms with Crippen molar-refractivity contribution in [3.05, 3.63) is 26.0 Å². The molecule has 0 heteroatoms. The van der Waals surface area contributed by atoms with Gasteiger partial charge < -0.3 is 0 Å². The van der Waals surface area contributed by atoms with Crippen LogP contribution in [-0.4, -0.2) is 0 Å². The van der Waals surface area contributed by atoms with Crippen LogP contribution in [-0.2, 0) is 0 Å². The fourth-order valence-corrected chi connectivity index (χ4v) is 3.59. The summed E-state index contributed by atoms with van der Waals surface area (Å²) in [7, 11) is 0. The van der Waals surface area contributed by atoms with Gasteiger partial charge >= 0.3 is 0 Å². The third-order valence-electron chi connectivity index (χ3n) is 5.41. The van der Waals surface area contributed by atoms with Gasteiger partial charge in [0.25, 0.3) is 0 Å². The molecule has 0 aliphatic rings. The summed E-state index contributed by atoms with van der Waals surface area (Å²) < 4.78 is 0. The van der Waals surface area contributed by atoms with Gasteiger partial charge in [-0.15, -0.1) is 0 Å². The molecule has 0 N–H and O–H groups in total. The standard InChI is InChI=1S/C26H50/c1-3-5-7-9-11-13-15-17-19-21-23-25-26-24-22-20-18-16-14-12-10-8-6-4-2/h9,11H,1-8,10,12-26H2/b11-9+. The summed E-state index contributed by atoms with van der Waals surface area (Å²) in [6.45, 7) is 7.78. The van der Waals surface area contributed by atoms with Crippen LogP contribution in [0.5, 0.6) is 0 Å². The first-order valence-electron chi connectivity index (χ1n) is 12.1. The summed E-state index contributed by atoms with van der Waals surface area (Å²) in [4.78, 5) is 0. The van der Waals surface area contributed by atoms with Crippen LogP contribution < -0.4 is 0 Å². The molecule has 0 saturated heterocycles. The maximum absolute atomic E-state index is 3.91. The van der Waals surface area contributed by atoms with Crippen LogP contribution in [0.1, 0.15) is 141 Å². The first-order chi connectivity index (χ1) is 12.9. The molecule has 154 valence electrons. The molecule has 0 heterocycles. The van der Waals surface area contributed by atoms with E-state index < -0.39 is 0 Å². The van der Waals surface area contributed by atoms with Crippen LogP contribution in [0.15, 0.2) is 12.2 Å². The third kappa shape index (κ3) is 23.7. The Morgan fingerprint density at radius 1 is 0.308 bits per heavy atom. The minimum Gasteiger partial charge on any atom is -0.0885 e. The average Bonchev–Trinajstić information content (AvgIpc) is 2.66. The van der Waals surface area contributed by atoms with Crippen molar-refractivity contribution in [2.24, 2.45) is 0 Å². The number of hydrogen-bond donors (Lipinski definition) is 0. The van der Waals surface area contributed by atoms with E-state index in [0.29, 0.717) is 0 Å². The molecule has 0 aromatic carbocycles. The number of unbranched alkanes of at least 4 members (excludes halogenated alkanes) is 20. The minimum atomic E-state index is 1.07. The Labute approximate surface area is 167 Å². The van der Waals surface area contributed by atoms with Crippen molar-refractivity contribution in [2.75, 3.05) is 0 Å². The maximum Gasteiger partial charge on any atom is -0.0351 e. The molecule has 0 bridgehead atoms. The number of rotatable bonds is 22. The molecular formula is C26H50. The van der Waals surface area contributed by atoms with Crippen LogP contribution >= 0.6 is 0 Å². The molecule has 0 aliphatic heterocycles. The van der Waals surface area contributed by atoms with Gasteiger partial charge in [0, 0.05) is 0 Å². The van der Waals surface area contributed by atoms with Crippen LogP contribution in [0.4, 0.5) is 0 Å². The lowest BCUT2D eigenvalue weighted by molar-refractivity contribution is 0.526. The molecule has 0 atom stereocenters. The van der Waals surface area contributed by atoms with Gasteiger partial charge in [-0.1, -0.05) is 142 Å². The highest BCUT2D eigenvalue weighted by molar-refractivity contribution is 4.81. The van der Waals surface area contributed by atoms with Gasteiger partial charge in [-0.25, -0.2) is 0 Å². The first kappa shape index (κ1) is 25.7. The van der Waals surface area contributed by atoms with E-state index in [-0.39, 0.29) is 0 Å². The highest BCUT2D eigenvalue weighted by Crippen LogP contribution is 2.14. The quantitative estimate of drug-likeness (QED) is 0.133. The summed E-state index contributed by atoms with van der Waals surface area (Å²) in [6, 6.07) is 0. The highest BCUT2D eigenvalue weighted by Gasteiger charge is 1.94. The van der Waals surface area contributed by atoms with Crippen LogP contribution in [0.3, 0.4) is 0 Å². The van der Waals surface area contributed by atoms with Crippen LogP contribution in [0, 0.1) is 13.8 Å². The summed E-state index contributed by atoms with van der Waals surface area (Å²) in [6.07, 6.45) is 35.2. The van der Waals surface area contributed by atoms with Crippen molar-refractivity contribution >= 4 is 0 Å². The molecule has 26 heavy (non-hydrogen) atoms. The van der Waals surface area contributed by atoms with Crippen molar-refractivity contribution in [1.29, 1.82) is 0 Å². The predicted molar refractivity (Wildman–Crippen MR) is 121 cm³/mol. The van der Waals surface area contributed by atoms with Crippen LogP contribution in [0.25, 0.3) is 0 Å². The second kappa shape index (κ2) is 24.7. The minimum absolute atomic E-state index is 1.07. The van der Waals surface area contributed by atoms with Gasteiger partial charge in [-0.05, 0) is 25.7 Å². The first-order valence-corrected chi connectivity index (χ1v) is 12.1. The van der Waals surface area contributed by atoms with E-state index in [1.165, 1.54) is 128 Å². The number of hydrogen-bond acceptors (Lipinski definition) is 0. The summed E-state index contributed by atoms with van der Waals surface area (Å²) in [5.41, 5.74) is 0. The number of allylic oxidation sites excluding steroid dienone is 2. The van der Waals surface area contributed by atoms with Crippen molar-refractivity contribution in [3.8, 4) is 0 Å². The largest absolute Gasteiger partial charge is 0.0885 e. The zero-order valence-electron chi connectivity index (χ0n) is 18.1.